The minimum absolute atomic E-state index is 0.0695. The number of hydrogen-bond donors (Lipinski definition) is 1. The van der Waals surface area contributed by atoms with Crippen LogP contribution in [0.25, 0.3) is 0 Å². The van der Waals surface area contributed by atoms with Crippen molar-refractivity contribution in [1.29, 1.82) is 0 Å². The summed E-state index contributed by atoms with van der Waals surface area (Å²) in [5.41, 5.74) is 4.81. The van der Waals surface area contributed by atoms with Crippen LogP contribution in [0.3, 0.4) is 0 Å². The lowest BCUT2D eigenvalue weighted by Crippen LogP contribution is -2.53. The third-order valence-electron chi connectivity index (χ3n) is 8.25. The van der Waals surface area contributed by atoms with Gasteiger partial charge in [0.15, 0.2) is 0 Å². The van der Waals surface area contributed by atoms with Crippen LogP contribution in [0.1, 0.15) is 47.6 Å². The number of rotatable bonds is 15. The van der Waals surface area contributed by atoms with Gasteiger partial charge in [-0.15, -0.1) is 0 Å². The lowest BCUT2D eigenvalue weighted by Gasteiger charge is -2.34. The van der Waals surface area contributed by atoms with Crippen LogP contribution in [0.5, 0.6) is 5.75 Å². The Bertz CT molecular complexity index is 1760. The molecule has 0 saturated carbocycles. The number of nitrogens with one attached hydrogen (secondary N) is 1. The molecule has 0 aliphatic carbocycles. The van der Waals surface area contributed by atoms with E-state index in [2.05, 4.69) is 5.32 Å². The molecule has 0 heterocycles. The zero-order chi connectivity index (χ0) is 34.0. The smallest absolute Gasteiger partial charge is 0.264 e. The fourth-order valence-electron chi connectivity index (χ4n) is 5.27. The van der Waals surface area contributed by atoms with Crippen molar-refractivity contribution >= 4 is 27.5 Å². The molecule has 1 unspecified atom stereocenters. The summed E-state index contributed by atoms with van der Waals surface area (Å²) in [5, 5.41) is 3.02. The van der Waals surface area contributed by atoms with Crippen LogP contribution in [0.2, 0.25) is 0 Å². The molecule has 0 bridgehead atoms. The van der Waals surface area contributed by atoms with Crippen molar-refractivity contribution in [2.75, 3.05) is 24.5 Å². The first kappa shape index (κ1) is 35.2. The van der Waals surface area contributed by atoms with E-state index < -0.39 is 28.5 Å². The number of amides is 2. The van der Waals surface area contributed by atoms with Gasteiger partial charge in [-0.25, -0.2) is 8.42 Å². The van der Waals surface area contributed by atoms with Crippen molar-refractivity contribution in [3.8, 4) is 5.75 Å². The summed E-state index contributed by atoms with van der Waals surface area (Å²) in [5.74, 6) is -0.188. The summed E-state index contributed by atoms with van der Waals surface area (Å²) >= 11 is 0. The van der Waals surface area contributed by atoms with Crippen LogP contribution < -0.4 is 14.4 Å². The Balaban J connectivity index is 1.82. The van der Waals surface area contributed by atoms with Crippen LogP contribution in [-0.2, 0) is 32.6 Å². The van der Waals surface area contributed by atoms with Crippen molar-refractivity contribution in [3.05, 3.63) is 125 Å². The largest absolute Gasteiger partial charge is 0.497 e. The van der Waals surface area contributed by atoms with Gasteiger partial charge in [0, 0.05) is 19.5 Å². The molecule has 0 fully saturated rings. The van der Waals surface area contributed by atoms with E-state index in [4.69, 9.17) is 4.74 Å². The lowest BCUT2D eigenvalue weighted by atomic mass is 10.0. The predicted octanol–water partition coefficient (Wildman–Crippen LogP) is 6.37. The summed E-state index contributed by atoms with van der Waals surface area (Å²) in [7, 11) is -2.60. The first-order valence-electron chi connectivity index (χ1n) is 15.9. The number of aryl methyl sites for hydroxylation is 3. The quantitative estimate of drug-likeness (QED) is 0.150. The molecule has 0 spiro atoms. The fraction of sp³-hybridized carbons (Fsp3) is 0.316. The van der Waals surface area contributed by atoms with Crippen molar-refractivity contribution in [2.24, 2.45) is 0 Å². The molecule has 1 atom stereocenters. The molecular formula is C38H45N3O5S. The summed E-state index contributed by atoms with van der Waals surface area (Å²) in [6, 6.07) is 27.9. The number of carbonyl (C=O) groups excluding carboxylic acids is 2. The molecule has 47 heavy (non-hydrogen) atoms. The number of sulfonamides is 1. The Kier molecular flexibility index (Phi) is 12.2. The van der Waals surface area contributed by atoms with Gasteiger partial charge in [-0.3, -0.25) is 13.9 Å². The minimum atomic E-state index is -4.17. The molecule has 9 heteroatoms. The van der Waals surface area contributed by atoms with Crippen molar-refractivity contribution in [1.82, 2.24) is 10.2 Å². The van der Waals surface area contributed by atoms with E-state index >= 15 is 0 Å². The zero-order valence-corrected chi connectivity index (χ0v) is 28.7. The second kappa shape index (κ2) is 16.3. The molecule has 1 N–H and O–H groups in total. The Morgan fingerprint density at radius 2 is 1.53 bits per heavy atom. The van der Waals surface area contributed by atoms with Crippen LogP contribution in [0.4, 0.5) is 5.69 Å². The molecule has 0 aliphatic heterocycles. The van der Waals surface area contributed by atoms with Crippen LogP contribution in [0, 0.1) is 20.8 Å². The maximum atomic E-state index is 14.6. The summed E-state index contributed by atoms with van der Waals surface area (Å²) in [6.07, 6.45) is 1.95. The molecule has 0 aromatic heterocycles. The minimum Gasteiger partial charge on any atom is -0.497 e. The van der Waals surface area contributed by atoms with Crippen LogP contribution >= 0.6 is 0 Å². The number of ether oxygens (including phenoxy) is 1. The van der Waals surface area contributed by atoms with E-state index in [1.807, 2.05) is 88.4 Å². The number of methoxy groups -OCH3 is 1. The molecule has 0 aliphatic rings. The van der Waals surface area contributed by atoms with E-state index in [9.17, 15) is 18.0 Å². The maximum absolute atomic E-state index is 14.6. The van der Waals surface area contributed by atoms with Crippen LogP contribution in [-0.4, -0.2) is 51.4 Å². The van der Waals surface area contributed by atoms with Gasteiger partial charge in [0.25, 0.3) is 10.0 Å². The van der Waals surface area contributed by atoms with Gasteiger partial charge in [-0.1, -0.05) is 79.6 Å². The Hall–Kier alpha value is -4.63. The third kappa shape index (κ3) is 9.23. The molecule has 2 amide bonds. The molecule has 4 aromatic carbocycles. The van der Waals surface area contributed by atoms with Crippen molar-refractivity contribution < 1.29 is 22.7 Å². The Morgan fingerprint density at radius 3 is 2.19 bits per heavy atom. The number of hydrogen-bond acceptors (Lipinski definition) is 5. The third-order valence-corrected chi connectivity index (χ3v) is 10.0. The highest BCUT2D eigenvalue weighted by Gasteiger charge is 2.34. The van der Waals surface area contributed by atoms with Gasteiger partial charge >= 0.3 is 0 Å². The van der Waals surface area contributed by atoms with Gasteiger partial charge in [0.05, 0.1) is 17.7 Å². The molecule has 0 saturated heterocycles. The van der Waals surface area contributed by atoms with E-state index in [1.54, 1.807) is 43.5 Å². The van der Waals surface area contributed by atoms with E-state index in [0.717, 1.165) is 45.0 Å². The summed E-state index contributed by atoms with van der Waals surface area (Å²) in [6.45, 7) is 7.82. The second-order valence-corrected chi connectivity index (χ2v) is 13.7. The molecule has 4 aromatic rings. The number of carbonyl (C=O) groups is 2. The monoisotopic (exact) mass is 655 g/mol. The Morgan fingerprint density at radius 1 is 0.830 bits per heavy atom. The maximum Gasteiger partial charge on any atom is 0.264 e. The highest BCUT2D eigenvalue weighted by atomic mass is 32.2. The second-order valence-electron chi connectivity index (χ2n) is 11.8. The molecule has 4 rings (SSSR count). The standard InChI is InChI=1S/C38H45N3O5S/c1-6-7-22-39-38(43)36(25-31-12-9-8-10-13-31)40(26-32-14-11-15-34(24-32)46-5)37(42)27-41(33-19-18-29(3)30(4)23-33)47(44,45)35-20-16-28(2)17-21-35/h8-21,23-24,36H,6-7,22,25-27H2,1-5H3,(H,39,43). The fourth-order valence-corrected chi connectivity index (χ4v) is 6.68. The predicted molar refractivity (Wildman–Crippen MR) is 187 cm³/mol. The molecule has 0 radical (unpaired) electrons. The molecule has 8 nitrogen and oxygen atoms in total. The first-order chi connectivity index (χ1) is 22.5. The topological polar surface area (TPSA) is 96.0 Å². The van der Waals surface area contributed by atoms with E-state index in [0.29, 0.717) is 18.0 Å². The summed E-state index contributed by atoms with van der Waals surface area (Å²) in [4.78, 5) is 30.1. The van der Waals surface area contributed by atoms with Gasteiger partial charge in [-0.05, 0) is 85.8 Å². The zero-order valence-electron chi connectivity index (χ0n) is 27.9. The number of benzene rings is 4. The van der Waals surface area contributed by atoms with Crippen LogP contribution in [0.15, 0.2) is 102 Å². The summed E-state index contributed by atoms with van der Waals surface area (Å²) < 4.78 is 35.1. The highest BCUT2D eigenvalue weighted by Crippen LogP contribution is 2.27. The van der Waals surface area contributed by atoms with E-state index in [1.165, 1.54) is 4.90 Å². The number of nitrogens with zero attached hydrogens (tertiary/aromatic N) is 2. The highest BCUT2D eigenvalue weighted by molar-refractivity contribution is 7.92. The van der Waals surface area contributed by atoms with Gasteiger partial charge in [-0.2, -0.15) is 0 Å². The molecular weight excluding hydrogens is 611 g/mol. The van der Waals surface area contributed by atoms with E-state index in [-0.39, 0.29) is 23.8 Å². The number of unbranched alkanes of at least 4 members (excludes halogenated alkanes) is 1. The van der Waals surface area contributed by atoms with Gasteiger partial charge in [0.1, 0.15) is 18.3 Å². The Labute approximate surface area is 279 Å². The molecule has 248 valence electrons. The number of anilines is 1. The lowest BCUT2D eigenvalue weighted by molar-refractivity contribution is -0.140. The van der Waals surface area contributed by atoms with Gasteiger partial charge in [0.2, 0.25) is 11.8 Å². The average molecular weight is 656 g/mol. The van der Waals surface area contributed by atoms with Crippen molar-refractivity contribution in [2.45, 2.75) is 64.4 Å². The SMILES string of the molecule is CCCCNC(=O)C(Cc1ccccc1)N(Cc1cccc(OC)c1)C(=O)CN(c1ccc(C)c(C)c1)S(=O)(=O)c1ccc(C)cc1. The van der Waals surface area contributed by atoms with Gasteiger partial charge < -0.3 is 15.0 Å². The average Bonchev–Trinajstić information content (AvgIpc) is 3.07. The van der Waals surface area contributed by atoms with Crippen molar-refractivity contribution in [3.63, 3.8) is 0 Å². The first-order valence-corrected chi connectivity index (χ1v) is 17.4. The normalized spacial score (nSPS) is 11.9.